The lowest BCUT2D eigenvalue weighted by atomic mass is 9.98. The van der Waals surface area contributed by atoms with Gasteiger partial charge in [0.25, 0.3) is 0 Å². The molecule has 0 unspecified atom stereocenters. The minimum Gasteiger partial charge on any atom is -0.492 e. The standard InChI is InChI=1S/C18H24N2O5S/c1-23-11-12-10-15-16(17-14(12)8-5-9-24-17)18(19-25-15)20-26(21,22)13-6-3-2-4-7-13/h10,13H,2-9,11H2,1H3,(H,19,20). The van der Waals surface area contributed by atoms with E-state index in [0.717, 1.165) is 43.2 Å². The molecule has 1 aromatic carbocycles. The van der Waals surface area contributed by atoms with Crippen LogP contribution in [-0.4, -0.2) is 32.5 Å². The quantitative estimate of drug-likeness (QED) is 0.855. The largest absolute Gasteiger partial charge is 0.492 e. The SMILES string of the molecule is COCc1cc2onc(NS(=O)(=O)C3CCCCC3)c2c2c1CCCO2. The van der Waals surface area contributed by atoms with Crippen molar-refractivity contribution in [2.24, 2.45) is 0 Å². The third-order valence-electron chi connectivity index (χ3n) is 5.26. The van der Waals surface area contributed by atoms with Crippen LogP contribution in [0, 0.1) is 0 Å². The molecule has 0 saturated heterocycles. The summed E-state index contributed by atoms with van der Waals surface area (Å²) in [5.74, 6) is 0.899. The Bertz CT molecular complexity index is 900. The van der Waals surface area contributed by atoms with Gasteiger partial charge in [-0.25, -0.2) is 8.42 Å². The molecule has 1 fully saturated rings. The van der Waals surface area contributed by atoms with Crippen molar-refractivity contribution >= 4 is 26.8 Å². The number of methoxy groups -OCH3 is 1. The lowest BCUT2D eigenvalue weighted by Gasteiger charge is -2.23. The van der Waals surface area contributed by atoms with E-state index in [1.54, 1.807) is 7.11 Å². The van der Waals surface area contributed by atoms with Crippen molar-refractivity contribution in [1.29, 1.82) is 0 Å². The smallest absolute Gasteiger partial charge is 0.236 e. The van der Waals surface area contributed by atoms with Gasteiger partial charge >= 0.3 is 0 Å². The Morgan fingerprint density at radius 2 is 2.08 bits per heavy atom. The molecule has 142 valence electrons. The lowest BCUT2D eigenvalue weighted by Crippen LogP contribution is -2.29. The minimum atomic E-state index is -3.50. The highest BCUT2D eigenvalue weighted by Gasteiger charge is 2.30. The molecular weight excluding hydrogens is 356 g/mol. The second kappa shape index (κ2) is 7.08. The van der Waals surface area contributed by atoms with Gasteiger partial charge in [-0.05, 0) is 37.3 Å². The van der Waals surface area contributed by atoms with Gasteiger partial charge in [0, 0.05) is 12.7 Å². The normalized spacial score (nSPS) is 18.5. The molecule has 2 heterocycles. The Morgan fingerprint density at radius 3 is 2.85 bits per heavy atom. The zero-order valence-corrected chi connectivity index (χ0v) is 15.7. The van der Waals surface area contributed by atoms with E-state index in [4.69, 9.17) is 14.0 Å². The maximum absolute atomic E-state index is 12.8. The van der Waals surface area contributed by atoms with Crippen molar-refractivity contribution in [3.8, 4) is 5.75 Å². The number of nitrogens with one attached hydrogen (secondary N) is 1. The molecule has 1 aliphatic carbocycles. The Kier molecular flexibility index (Phi) is 4.79. The number of aromatic nitrogens is 1. The minimum absolute atomic E-state index is 0.229. The van der Waals surface area contributed by atoms with Crippen LogP contribution in [0.1, 0.15) is 49.7 Å². The summed E-state index contributed by atoms with van der Waals surface area (Å²) in [5.41, 5.74) is 2.55. The van der Waals surface area contributed by atoms with Gasteiger partial charge in [0.2, 0.25) is 10.0 Å². The summed E-state index contributed by atoms with van der Waals surface area (Å²) in [6, 6.07) is 1.87. The monoisotopic (exact) mass is 380 g/mol. The van der Waals surface area contributed by atoms with Gasteiger partial charge in [0.1, 0.15) is 11.1 Å². The number of anilines is 1. The van der Waals surface area contributed by atoms with Crippen LogP contribution in [0.25, 0.3) is 11.0 Å². The van der Waals surface area contributed by atoms with Crippen LogP contribution < -0.4 is 9.46 Å². The highest BCUT2D eigenvalue weighted by molar-refractivity contribution is 7.93. The summed E-state index contributed by atoms with van der Waals surface area (Å²) in [6.45, 7) is 1.05. The number of hydrogen-bond acceptors (Lipinski definition) is 6. The zero-order valence-electron chi connectivity index (χ0n) is 14.9. The molecule has 0 spiro atoms. The summed E-state index contributed by atoms with van der Waals surface area (Å²) >= 11 is 0. The summed E-state index contributed by atoms with van der Waals surface area (Å²) in [7, 11) is -1.85. The van der Waals surface area contributed by atoms with Crippen LogP contribution in [0.15, 0.2) is 10.6 Å². The fourth-order valence-electron chi connectivity index (χ4n) is 3.97. The number of nitrogens with zero attached hydrogens (tertiary/aromatic N) is 1. The van der Waals surface area contributed by atoms with Crippen LogP contribution in [0.3, 0.4) is 0 Å². The maximum atomic E-state index is 12.8. The predicted molar refractivity (Wildman–Crippen MR) is 98.0 cm³/mol. The molecule has 7 nitrogen and oxygen atoms in total. The topological polar surface area (TPSA) is 90.7 Å². The van der Waals surface area contributed by atoms with E-state index in [9.17, 15) is 8.42 Å². The first kappa shape index (κ1) is 17.6. The van der Waals surface area contributed by atoms with Crippen LogP contribution in [0.5, 0.6) is 5.75 Å². The van der Waals surface area contributed by atoms with E-state index in [1.165, 1.54) is 0 Å². The van der Waals surface area contributed by atoms with Gasteiger partial charge in [-0.1, -0.05) is 24.4 Å². The van der Waals surface area contributed by atoms with E-state index in [1.807, 2.05) is 6.07 Å². The fraction of sp³-hybridized carbons (Fsp3) is 0.611. The Hall–Kier alpha value is -1.80. The highest BCUT2D eigenvalue weighted by Crippen LogP contribution is 2.41. The summed E-state index contributed by atoms with van der Waals surface area (Å²) in [4.78, 5) is 0. The molecule has 2 aliphatic rings. The third kappa shape index (κ3) is 3.16. The molecule has 0 amide bonds. The molecule has 1 aliphatic heterocycles. The van der Waals surface area contributed by atoms with Gasteiger partial charge in [-0.3, -0.25) is 4.72 Å². The predicted octanol–water partition coefficient (Wildman–Crippen LogP) is 3.37. The van der Waals surface area contributed by atoms with Crippen molar-refractivity contribution in [3.63, 3.8) is 0 Å². The maximum Gasteiger partial charge on any atom is 0.236 e. The van der Waals surface area contributed by atoms with Gasteiger partial charge < -0.3 is 14.0 Å². The molecular formula is C18H24N2O5S. The first-order valence-corrected chi connectivity index (χ1v) is 10.7. The van der Waals surface area contributed by atoms with Gasteiger partial charge in [-0.2, -0.15) is 0 Å². The molecule has 2 aromatic rings. The Balaban J connectivity index is 1.74. The third-order valence-corrected chi connectivity index (χ3v) is 7.09. The number of rotatable bonds is 5. The summed E-state index contributed by atoms with van der Waals surface area (Å²) in [5, 5.41) is 4.24. The van der Waals surface area contributed by atoms with Gasteiger partial charge in [-0.15, -0.1) is 0 Å². The zero-order chi connectivity index (χ0) is 18.1. The fourth-order valence-corrected chi connectivity index (χ4v) is 5.50. The van der Waals surface area contributed by atoms with Crippen molar-refractivity contribution in [2.45, 2.75) is 56.8 Å². The van der Waals surface area contributed by atoms with Crippen LogP contribution in [0.2, 0.25) is 0 Å². The van der Waals surface area contributed by atoms with E-state index in [2.05, 4.69) is 9.88 Å². The summed E-state index contributed by atoms with van der Waals surface area (Å²) in [6.07, 6.45) is 6.17. The highest BCUT2D eigenvalue weighted by atomic mass is 32.2. The Morgan fingerprint density at radius 1 is 1.27 bits per heavy atom. The lowest BCUT2D eigenvalue weighted by molar-refractivity contribution is 0.182. The van der Waals surface area contributed by atoms with Crippen molar-refractivity contribution in [3.05, 3.63) is 17.2 Å². The molecule has 1 aromatic heterocycles. The van der Waals surface area contributed by atoms with Crippen molar-refractivity contribution < 1.29 is 22.4 Å². The number of benzene rings is 1. The van der Waals surface area contributed by atoms with Gasteiger partial charge in [0.05, 0.1) is 18.5 Å². The number of sulfonamides is 1. The molecule has 1 N–H and O–H groups in total. The molecule has 1 saturated carbocycles. The molecule has 8 heteroatoms. The number of ether oxygens (including phenoxy) is 2. The average Bonchev–Trinajstić information content (AvgIpc) is 3.05. The van der Waals surface area contributed by atoms with Crippen LogP contribution in [-0.2, 0) is 27.8 Å². The van der Waals surface area contributed by atoms with Crippen LogP contribution >= 0.6 is 0 Å². The van der Waals surface area contributed by atoms with E-state index in [0.29, 0.717) is 42.8 Å². The Labute approximate surface area is 153 Å². The van der Waals surface area contributed by atoms with E-state index in [-0.39, 0.29) is 11.1 Å². The average molecular weight is 380 g/mol. The molecule has 0 radical (unpaired) electrons. The van der Waals surface area contributed by atoms with E-state index >= 15 is 0 Å². The van der Waals surface area contributed by atoms with Gasteiger partial charge in [0.15, 0.2) is 11.4 Å². The summed E-state index contributed by atoms with van der Waals surface area (Å²) < 4.78 is 44.8. The molecule has 4 rings (SSSR count). The first-order chi connectivity index (χ1) is 12.6. The number of fused-ring (bicyclic) bond motifs is 3. The molecule has 0 bridgehead atoms. The molecule has 0 atom stereocenters. The first-order valence-electron chi connectivity index (χ1n) is 9.17. The van der Waals surface area contributed by atoms with Crippen molar-refractivity contribution in [1.82, 2.24) is 5.16 Å². The molecule has 26 heavy (non-hydrogen) atoms. The van der Waals surface area contributed by atoms with Crippen LogP contribution in [0.4, 0.5) is 5.82 Å². The number of hydrogen-bond donors (Lipinski definition) is 1. The van der Waals surface area contributed by atoms with Crippen molar-refractivity contribution in [2.75, 3.05) is 18.4 Å². The second-order valence-electron chi connectivity index (χ2n) is 7.04. The second-order valence-corrected chi connectivity index (χ2v) is 9.00. The van der Waals surface area contributed by atoms with E-state index < -0.39 is 10.0 Å².